The molecule has 0 aliphatic carbocycles. The number of likely N-dealkylation sites (N-methyl/N-ethyl adjacent to an activating group) is 1. The van der Waals surface area contributed by atoms with Crippen molar-refractivity contribution >= 4 is 11.6 Å². The molecule has 1 fully saturated rings. The third-order valence-corrected chi connectivity index (χ3v) is 5.27. The number of carbonyl (C=O) groups is 1. The van der Waals surface area contributed by atoms with Crippen LogP contribution in [0.2, 0.25) is 0 Å². The number of anilines is 1. The number of hydrogen-bond acceptors (Lipinski definition) is 4. The van der Waals surface area contributed by atoms with Gasteiger partial charge in [0.1, 0.15) is 5.75 Å². The van der Waals surface area contributed by atoms with Gasteiger partial charge in [-0.05, 0) is 51.1 Å². The van der Waals surface area contributed by atoms with E-state index in [1.165, 1.54) is 19.4 Å². The summed E-state index contributed by atoms with van der Waals surface area (Å²) >= 11 is 0. The highest BCUT2D eigenvalue weighted by Gasteiger charge is 2.22. The molecule has 0 spiro atoms. The van der Waals surface area contributed by atoms with Crippen LogP contribution in [0.5, 0.6) is 5.75 Å². The minimum absolute atomic E-state index is 0.00285. The molecule has 150 valence electrons. The number of rotatable bonds is 9. The monoisotopic (exact) mass is 381 g/mol. The zero-order valence-corrected chi connectivity index (χ0v) is 16.9. The highest BCUT2D eigenvalue weighted by Crippen LogP contribution is 2.19. The van der Waals surface area contributed by atoms with Crippen LogP contribution in [-0.4, -0.2) is 43.1 Å². The van der Waals surface area contributed by atoms with Crippen LogP contribution in [0, 0.1) is 6.92 Å². The van der Waals surface area contributed by atoms with Crippen LogP contribution in [0.3, 0.4) is 0 Å². The van der Waals surface area contributed by atoms with Gasteiger partial charge in [-0.1, -0.05) is 42.8 Å². The lowest BCUT2D eigenvalue weighted by molar-refractivity contribution is -0.118. The van der Waals surface area contributed by atoms with Crippen molar-refractivity contribution in [3.05, 3.63) is 59.7 Å². The second-order valence-electron chi connectivity index (χ2n) is 7.37. The number of aryl methyl sites for hydroxylation is 1. The van der Waals surface area contributed by atoms with Crippen LogP contribution in [0.25, 0.3) is 0 Å². The number of amides is 1. The third-order valence-electron chi connectivity index (χ3n) is 5.27. The summed E-state index contributed by atoms with van der Waals surface area (Å²) < 4.78 is 5.80. The SMILES string of the molecule is CCN1CCCC1CNCc1ccccc1OCC(=O)Nc1ccc(C)cc1. The van der Waals surface area contributed by atoms with E-state index in [0.29, 0.717) is 6.04 Å². The number of hydrogen-bond donors (Lipinski definition) is 2. The van der Waals surface area contributed by atoms with E-state index >= 15 is 0 Å². The highest BCUT2D eigenvalue weighted by molar-refractivity contribution is 5.91. The Hall–Kier alpha value is -2.37. The van der Waals surface area contributed by atoms with Gasteiger partial charge in [-0.15, -0.1) is 0 Å². The summed E-state index contributed by atoms with van der Waals surface area (Å²) in [6.45, 7) is 8.28. The maximum Gasteiger partial charge on any atom is 0.262 e. The first kappa shape index (κ1) is 20.4. The minimum Gasteiger partial charge on any atom is -0.483 e. The molecule has 0 saturated carbocycles. The van der Waals surface area contributed by atoms with Crippen molar-refractivity contribution in [3.8, 4) is 5.75 Å². The van der Waals surface area contributed by atoms with Gasteiger partial charge in [-0.2, -0.15) is 0 Å². The molecule has 1 aliphatic heterocycles. The number of ether oxygens (including phenoxy) is 1. The summed E-state index contributed by atoms with van der Waals surface area (Å²) in [5.74, 6) is 0.601. The summed E-state index contributed by atoms with van der Waals surface area (Å²) in [5.41, 5.74) is 3.02. The molecule has 5 nitrogen and oxygen atoms in total. The van der Waals surface area contributed by atoms with Gasteiger partial charge < -0.3 is 15.4 Å². The number of nitrogens with zero attached hydrogens (tertiary/aromatic N) is 1. The van der Waals surface area contributed by atoms with Crippen LogP contribution in [0.4, 0.5) is 5.69 Å². The van der Waals surface area contributed by atoms with Gasteiger partial charge in [-0.25, -0.2) is 0 Å². The summed E-state index contributed by atoms with van der Waals surface area (Å²) in [7, 11) is 0. The van der Waals surface area contributed by atoms with E-state index in [0.717, 1.165) is 42.2 Å². The Balaban J connectivity index is 1.47. The van der Waals surface area contributed by atoms with Crippen LogP contribution in [-0.2, 0) is 11.3 Å². The molecule has 0 aromatic heterocycles. The van der Waals surface area contributed by atoms with Crippen molar-refractivity contribution in [3.63, 3.8) is 0 Å². The van der Waals surface area contributed by atoms with Crippen LogP contribution < -0.4 is 15.4 Å². The van der Waals surface area contributed by atoms with Gasteiger partial charge in [0.25, 0.3) is 5.91 Å². The fourth-order valence-corrected chi connectivity index (χ4v) is 3.68. The fourth-order valence-electron chi connectivity index (χ4n) is 3.68. The standard InChI is InChI=1S/C23H31N3O2/c1-3-26-14-6-8-21(26)16-24-15-19-7-4-5-9-22(19)28-17-23(27)25-20-12-10-18(2)11-13-20/h4-5,7,9-13,21,24H,3,6,8,14-17H2,1-2H3,(H,25,27). The summed E-state index contributed by atoms with van der Waals surface area (Å²) in [4.78, 5) is 14.7. The first-order valence-corrected chi connectivity index (χ1v) is 10.2. The summed E-state index contributed by atoms with van der Waals surface area (Å²) in [6, 6.07) is 16.3. The number of para-hydroxylation sites is 1. The Morgan fingerprint density at radius 3 is 2.75 bits per heavy atom. The van der Waals surface area contributed by atoms with E-state index in [9.17, 15) is 4.79 Å². The molecule has 2 aromatic carbocycles. The largest absolute Gasteiger partial charge is 0.483 e. The van der Waals surface area contributed by atoms with Crippen LogP contribution >= 0.6 is 0 Å². The van der Waals surface area contributed by atoms with Crippen molar-refractivity contribution in [1.82, 2.24) is 10.2 Å². The molecule has 2 aromatic rings. The van der Waals surface area contributed by atoms with Gasteiger partial charge in [0.15, 0.2) is 6.61 Å². The van der Waals surface area contributed by atoms with Gasteiger partial charge in [-0.3, -0.25) is 9.69 Å². The van der Waals surface area contributed by atoms with Crippen molar-refractivity contribution in [2.45, 2.75) is 39.3 Å². The molecule has 1 saturated heterocycles. The molecule has 28 heavy (non-hydrogen) atoms. The molecule has 5 heteroatoms. The van der Waals surface area contributed by atoms with E-state index < -0.39 is 0 Å². The van der Waals surface area contributed by atoms with Gasteiger partial charge in [0.2, 0.25) is 0 Å². The summed E-state index contributed by atoms with van der Waals surface area (Å²) in [6.07, 6.45) is 2.55. The molecule has 1 heterocycles. The molecule has 1 atom stereocenters. The minimum atomic E-state index is -0.156. The Morgan fingerprint density at radius 2 is 1.96 bits per heavy atom. The molecule has 1 unspecified atom stereocenters. The zero-order valence-electron chi connectivity index (χ0n) is 16.9. The lowest BCUT2D eigenvalue weighted by Gasteiger charge is -2.23. The molecule has 0 bridgehead atoms. The van der Waals surface area contributed by atoms with Gasteiger partial charge in [0, 0.05) is 30.4 Å². The lowest BCUT2D eigenvalue weighted by Crippen LogP contribution is -2.37. The topological polar surface area (TPSA) is 53.6 Å². The Labute approximate surface area is 168 Å². The number of nitrogens with one attached hydrogen (secondary N) is 2. The number of benzene rings is 2. The Kier molecular flexibility index (Phi) is 7.46. The fraction of sp³-hybridized carbons (Fsp3) is 0.435. The molecular weight excluding hydrogens is 350 g/mol. The van der Waals surface area contributed by atoms with Crippen LogP contribution in [0.1, 0.15) is 30.9 Å². The zero-order chi connectivity index (χ0) is 19.8. The number of likely N-dealkylation sites (tertiary alicyclic amines) is 1. The Bertz CT molecular complexity index is 761. The van der Waals surface area contributed by atoms with Crippen molar-refractivity contribution in [1.29, 1.82) is 0 Å². The van der Waals surface area contributed by atoms with Gasteiger partial charge in [0.05, 0.1) is 0 Å². The maximum absolute atomic E-state index is 12.2. The van der Waals surface area contributed by atoms with E-state index in [-0.39, 0.29) is 12.5 Å². The second kappa shape index (κ2) is 10.2. The molecule has 2 N–H and O–H groups in total. The average molecular weight is 382 g/mol. The first-order chi connectivity index (χ1) is 13.7. The lowest BCUT2D eigenvalue weighted by atomic mass is 10.2. The smallest absolute Gasteiger partial charge is 0.262 e. The average Bonchev–Trinajstić information content (AvgIpc) is 3.16. The summed E-state index contributed by atoms with van der Waals surface area (Å²) in [5, 5.41) is 6.42. The Morgan fingerprint density at radius 1 is 1.18 bits per heavy atom. The predicted molar refractivity (Wildman–Crippen MR) is 114 cm³/mol. The quantitative estimate of drug-likeness (QED) is 0.697. The maximum atomic E-state index is 12.2. The molecule has 1 aliphatic rings. The van der Waals surface area contributed by atoms with E-state index in [2.05, 4.69) is 22.5 Å². The molecule has 3 rings (SSSR count). The molecule has 0 radical (unpaired) electrons. The van der Waals surface area contributed by atoms with E-state index in [4.69, 9.17) is 4.74 Å². The predicted octanol–water partition coefficient (Wildman–Crippen LogP) is 3.59. The highest BCUT2D eigenvalue weighted by atomic mass is 16.5. The normalized spacial score (nSPS) is 16.9. The van der Waals surface area contributed by atoms with Gasteiger partial charge >= 0.3 is 0 Å². The second-order valence-corrected chi connectivity index (χ2v) is 7.37. The van der Waals surface area contributed by atoms with Crippen LogP contribution in [0.15, 0.2) is 48.5 Å². The number of carbonyl (C=O) groups excluding carboxylic acids is 1. The van der Waals surface area contributed by atoms with E-state index in [1.807, 2.05) is 55.5 Å². The molecular formula is C23H31N3O2. The van der Waals surface area contributed by atoms with Crippen molar-refractivity contribution < 1.29 is 9.53 Å². The molecule has 1 amide bonds. The van der Waals surface area contributed by atoms with Crippen molar-refractivity contribution in [2.24, 2.45) is 0 Å². The van der Waals surface area contributed by atoms with Crippen molar-refractivity contribution in [2.75, 3.05) is 31.6 Å². The van der Waals surface area contributed by atoms with E-state index in [1.54, 1.807) is 0 Å². The first-order valence-electron chi connectivity index (χ1n) is 10.2. The third kappa shape index (κ3) is 5.81.